The Labute approximate surface area is 83.4 Å². The molecule has 0 aliphatic heterocycles. The number of aryl methyl sites for hydroxylation is 1. The van der Waals surface area contributed by atoms with E-state index in [2.05, 4.69) is 5.32 Å². The Morgan fingerprint density at radius 3 is 3.00 bits per heavy atom. The van der Waals surface area contributed by atoms with E-state index in [0.717, 1.165) is 12.0 Å². The van der Waals surface area contributed by atoms with Gasteiger partial charge in [0.2, 0.25) is 0 Å². The molecule has 0 aliphatic rings. The van der Waals surface area contributed by atoms with Gasteiger partial charge in [-0.25, -0.2) is 4.39 Å². The van der Waals surface area contributed by atoms with Gasteiger partial charge in [-0.2, -0.15) is 5.26 Å². The van der Waals surface area contributed by atoms with Crippen molar-refractivity contribution in [2.24, 2.45) is 0 Å². The van der Waals surface area contributed by atoms with Crippen LogP contribution >= 0.6 is 0 Å². The van der Waals surface area contributed by atoms with E-state index >= 15 is 0 Å². The SMILES string of the molecule is Cc1ccc(F)c(NCCCC#N)c1. The fraction of sp³-hybridized carbons (Fsp3) is 0.364. The molecule has 0 spiro atoms. The van der Waals surface area contributed by atoms with Gasteiger partial charge in [0, 0.05) is 13.0 Å². The summed E-state index contributed by atoms with van der Waals surface area (Å²) in [7, 11) is 0. The highest BCUT2D eigenvalue weighted by Gasteiger charge is 2.00. The third kappa shape index (κ3) is 3.06. The van der Waals surface area contributed by atoms with Gasteiger partial charge >= 0.3 is 0 Å². The van der Waals surface area contributed by atoms with Gasteiger partial charge in [-0.1, -0.05) is 6.07 Å². The van der Waals surface area contributed by atoms with Crippen molar-refractivity contribution in [3.8, 4) is 6.07 Å². The van der Waals surface area contributed by atoms with E-state index in [9.17, 15) is 4.39 Å². The first-order valence-corrected chi connectivity index (χ1v) is 4.61. The Kier molecular flexibility index (Phi) is 3.93. The molecule has 0 heterocycles. The normalized spacial score (nSPS) is 9.50. The Bertz CT molecular complexity index is 342. The van der Waals surface area contributed by atoms with E-state index in [4.69, 9.17) is 5.26 Å². The maximum atomic E-state index is 13.2. The molecule has 0 amide bonds. The minimum Gasteiger partial charge on any atom is -0.383 e. The minimum atomic E-state index is -0.243. The molecule has 74 valence electrons. The zero-order valence-corrected chi connectivity index (χ0v) is 8.18. The van der Waals surface area contributed by atoms with Crippen molar-refractivity contribution in [3.05, 3.63) is 29.6 Å². The molecule has 1 aromatic carbocycles. The number of benzene rings is 1. The second-order valence-corrected chi connectivity index (χ2v) is 3.17. The fourth-order valence-electron chi connectivity index (χ4n) is 1.17. The monoisotopic (exact) mass is 192 g/mol. The first-order valence-electron chi connectivity index (χ1n) is 4.61. The van der Waals surface area contributed by atoms with Crippen LogP contribution in [0, 0.1) is 24.1 Å². The molecule has 0 bridgehead atoms. The maximum absolute atomic E-state index is 13.2. The summed E-state index contributed by atoms with van der Waals surface area (Å²) in [5.74, 6) is -0.243. The van der Waals surface area contributed by atoms with Crippen molar-refractivity contribution in [2.75, 3.05) is 11.9 Å². The van der Waals surface area contributed by atoms with Crippen LogP contribution in [-0.2, 0) is 0 Å². The number of anilines is 1. The van der Waals surface area contributed by atoms with Crippen molar-refractivity contribution in [1.29, 1.82) is 5.26 Å². The second-order valence-electron chi connectivity index (χ2n) is 3.17. The molecular weight excluding hydrogens is 179 g/mol. The van der Waals surface area contributed by atoms with E-state index in [1.807, 2.05) is 13.0 Å². The lowest BCUT2D eigenvalue weighted by molar-refractivity contribution is 0.629. The average molecular weight is 192 g/mol. The highest BCUT2D eigenvalue weighted by Crippen LogP contribution is 2.15. The van der Waals surface area contributed by atoms with E-state index in [1.165, 1.54) is 6.07 Å². The summed E-state index contributed by atoms with van der Waals surface area (Å²) in [6.07, 6.45) is 1.24. The Morgan fingerprint density at radius 1 is 1.50 bits per heavy atom. The lowest BCUT2D eigenvalue weighted by Crippen LogP contribution is -2.03. The zero-order chi connectivity index (χ0) is 10.4. The molecular formula is C11H13FN2. The molecule has 0 aliphatic carbocycles. The van der Waals surface area contributed by atoms with Crippen LogP contribution in [0.5, 0.6) is 0 Å². The standard InChI is InChI=1S/C11H13FN2/c1-9-4-5-10(12)11(8-9)14-7-3-2-6-13/h4-5,8,14H,2-3,7H2,1H3. The molecule has 3 heteroatoms. The highest BCUT2D eigenvalue weighted by atomic mass is 19.1. The Morgan fingerprint density at radius 2 is 2.29 bits per heavy atom. The smallest absolute Gasteiger partial charge is 0.146 e. The van der Waals surface area contributed by atoms with Crippen LogP contribution in [0.25, 0.3) is 0 Å². The fourth-order valence-corrected chi connectivity index (χ4v) is 1.17. The van der Waals surface area contributed by atoms with Crippen molar-refractivity contribution in [2.45, 2.75) is 19.8 Å². The summed E-state index contributed by atoms with van der Waals surface area (Å²) in [4.78, 5) is 0. The van der Waals surface area contributed by atoms with Gasteiger partial charge in [0.15, 0.2) is 0 Å². The first kappa shape index (κ1) is 10.5. The number of halogens is 1. The first-order chi connectivity index (χ1) is 6.74. The molecule has 0 atom stereocenters. The summed E-state index contributed by atoms with van der Waals surface area (Å²) < 4.78 is 13.2. The van der Waals surface area contributed by atoms with Crippen LogP contribution in [0.1, 0.15) is 18.4 Å². The quantitative estimate of drug-likeness (QED) is 0.744. The molecule has 1 N–H and O–H groups in total. The van der Waals surface area contributed by atoms with Gasteiger partial charge in [0.05, 0.1) is 11.8 Å². The number of hydrogen-bond donors (Lipinski definition) is 1. The van der Waals surface area contributed by atoms with Gasteiger partial charge in [-0.3, -0.25) is 0 Å². The van der Waals surface area contributed by atoms with Crippen LogP contribution in [0.4, 0.5) is 10.1 Å². The Balaban J connectivity index is 2.50. The number of nitriles is 1. The van der Waals surface area contributed by atoms with E-state index in [0.29, 0.717) is 18.7 Å². The Hall–Kier alpha value is -1.56. The topological polar surface area (TPSA) is 35.8 Å². The molecule has 2 nitrogen and oxygen atoms in total. The number of nitrogens with one attached hydrogen (secondary N) is 1. The number of hydrogen-bond acceptors (Lipinski definition) is 2. The van der Waals surface area contributed by atoms with Gasteiger partial charge in [0.1, 0.15) is 5.82 Å². The molecule has 0 unspecified atom stereocenters. The van der Waals surface area contributed by atoms with Gasteiger partial charge < -0.3 is 5.32 Å². The van der Waals surface area contributed by atoms with Crippen molar-refractivity contribution >= 4 is 5.69 Å². The summed E-state index contributed by atoms with van der Waals surface area (Å²) >= 11 is 0. The number of nitrogens with zero attached hydrogens (tertiary/aromatic N) is 1. The zero-order valence-electron chi connectivity index (χ0n) is 8.18. The molecule has 14 heavy (non-hydrogen) atoms. The van der Waals surface area contributed by atoms with Gasteiger partial charge in [-0.15, -0.1) is 0 Å². The van der Waals surface area contributed by atoms with E-state index in [1.54, 1.807) is 12.1 Å². The minimum absolute atomic E-state index is 0.243. The molecule has 1 aromatic rings. The lowest BCUT2D eigenvalue weighted by atomic mass is 10.2. The van der Waals surface area contributed by atoms with Crippen LogP contribution < -0.4 is 5.32 Å². The molecule has 0 fully saturated rings. The van der Waals surface area contributed by atoms with E-state index < -0.39 is 0 Å². The predicted molar refractivity (Wildman–Crippen MR) is 54.5 cm³/mol. The van der Waals surface area contributed by atoms with Crippen LogP contribution in [0.3, 0.4) is 0 Å². The molecule has 0 saturated carbocycles. The third-order valence-corrected chi connectivity index (χ3v) is 1.90. The van der Waals surface area contributed by atoms with Crippen LogP contribution in [0.15, 0.2) is 18.2 Å². The summed E-state index contributed by atoms with van der Waals surface area (Å²) in [6.45, 7) is 2.55. The van der Waals surface area contributed by atoms with Crippen LogP contribution in [-0.4, -0.2) is 6.54 Å². The van der Waals surface area contributed by atoms with Crippen molar-refractivity contribution < 1.29 is 4.39 Å². The third-order valence-electron chi connectivity index (χ3n) is 1.90. The molecule has 0 radical (unpaired) electrons. The summed E-state index contributed by atoms with van der Waals surface area (Å²) in [5, 5.41) is 11.3. The summed E-state index contributed by atoms with van der Waals surface area (Å²) in [6, 6.07) is 6.99. The maximum Gasteiger partial charge on any atom is 0.146 e. The van der Waals surface area contributed by atoms with Crippen molar-refractivity contribution in [1.82, 2.24) is 0 Å². The van der Waals surface area contributed by atoms with Crippen molar-refractivity contribution in [3.63, 3.8) is 0 Å². The number of unbranched alkanes of at least 4 members (excludes halogenated alkanes) is 1. The predicted octanol–water partition coefficient (Wildman–Crippen LogP) is 2.85. The molecule has 0 aromatic heterocycles. The average Bonchev–Trinajstić information content (AvgIpc) is 2.18. The largest absolute Gasteiger partial charge is 0.383 e. The molecule has 1 rings (SSSR count). The second kappa shape index (κ2) is 5.23. The number of rotatable bonds is 4. The highest BCUT2D eigenvalue weighted by molar-refractivity contribution is 5.46. The van der Waals surface area contributed by atoms with Gasteiger partial charge in [-0.05, 0) is 31.0 Å². The van der Waals surface area contributed by atoms with Gasteiger partial charge in [0.25, 0.3) is 0 Å². The lowest BCUT2D eigenvalue weighted by Gasteiger charge is -2.06. The van der Waals surface area contributed by atoms with Crippen LogP contribution in [0.2, 0.25) is 0 Å². The van der Waals surface area contributed by atoms with E-state index in [-0.39, 0.29) is 5.82 Å². The molecule has 0 saturated heterocycles. The summed E-state index contributed by atoms with van der Waals surface area (Å²) in [5.41, 5.74) is 1.54.